The van der Waals surface area contributed by atoms with Crippen LogP contribution < -0.4 is 4.74 Å². The fourth-order valence-corrected chi connectivity index (χ4v) is 2.45. The van der Waals surface area contributed by atoms with Gasteiger partial charge >= 0.3 is 0 Å². The second-order valence-corrected chi connectivity index (χ2v) is 4.84. The summed E-state index contributed by atoms with van der Waals surface area (Å²) in [7, 11) is 0. The molecule has 0 unspecified atom stereocenters. The molecule has 0 atom stereocenters. The largest absolute Gasteiger partial charge is 0.467 e. The average Bonchev–Trinajstić information content (AvgIpc) is 2.38. The molecule has 1 heterocycles. The molecule has 1 aliphatic heterocycles. The number of aliphatic hydroxyl groups excluding tert-OH is 1. The molecule has 98 valence electrons. The van der Waals surface area contributed by atoms with E-state index in [4.69, 9.17) is 14.6 Å². The number of aliphatic hydroxyl groups is 1. The Morgan fingerprint density at radius 1 is 1.50 bits per heavy atom. The third kappa shape index (κ3) is 2.92. The Kier molecular flexibility index (Phi) is 4.40. The summed E-state index contributed by atoms with van der Waals surface area (Å²) in [6, 6.07) is 3.00. The molecule has 0 saturated carbocycles. The first-order valence-corrected chi connectivity index (χ1v) is 6.57. The monoisotopic (exact) mass is 271 g/mol. The molecule has 1 N–H and O–H groups in total. The number of nitro benzene ring substituents is 1. The SMILES string of the molecule is O=[N+]([O-])c1cc2c(c(CSCCO)c1)OCOC2. The molecule has 1 aromatic carbocycles. The Bertz CT molecular complexity index is 451. The topological polar surface area (TPSA) is 81.8 Å². The maximum atomic E-state index is 10.8. The average molecular weight is 271 g/mol. The Morgan fingerprint density at radius 2 is 2.33 bits per heavy atom. The maximum absolute atomic E-state index is 10.8. The molecule has 0 amide bonds. The van der Waals surface area contributed by atoms with E-state index in [0.717, 1.165) is 5.56 Å². The minimum absolute atomic E-state index is 0.0439. The van der Waals surface area contributed by atoms with E-state index >= 15 is 0 Å². The summed E-state index contributed by atoms with van der Waals surface area (Å²) in [5.74, 6) is 1.84. The zero-order chi connectivity index (χ0) is 13.0. The molecule has 18 heavy (non-hydrogen) atoms. The van der Waals surface area contributed by atoms with Gasteiger partial charge in [0.05, 0.1) is 18.1 Å². The lowest BCUT2D eigenvalue weighted by Crippen LogP contribution is -2.13. The molecular weight excluding hydrogens is 258 g/mol. The van der Waals surface area contributed by atoms with E-state index in [9.17, 15) is 10.1 Å². The van der Waals surface area contributed by atoms with Crippen LogP contribution >= 0.6 is 11.8 Å². The minimum atomic E-state index is -0.422. The van der Waals surface area contributed by atoms with Crippen LogP contribution in [0.3, 0.4) is 0 Å². The normalized spacial score (nSPS) is 13.8. The van der Waals surface area contributed by atoms with Crippen LogP contribution in [0.5, 0.6) is 5.75 Å². The van der Waals surface area contributed by atoms with Crippen molar-refractivity contribution in [3.8, 4) is 5.75 Å². The minimum Gasteiger partial charge on any atom is -0.467 e. The Balaban J connectivity index is 2.29. The molecule has 0 radical (unpaired) electrons. The first kappa shape index (κ1) is 13.1. The predicted octanol–water partition coefficient (Wildman–Crippen LogP) is 1.69. The van der Waals surface area contributed by atoms with Gasteiger partial charge in [0.15, 0.2) is 6.79 Å². The van der Waals surface area contributed by atoms with Crippen molar-refractivity contribution in [3.63, 3.8) is 0 Å². The van der Waals surface area contributed by atoms with E-state index in [1.54, 1.807) is 0 Å². The molecule has 6 nitrogen and oxygen atoms in total. The lowest BCUT2D eigenvalue weighted by molar-refractivity contribution is -0.385. The van der Waals surface area contributed by atoms with Gasteiger partial charge in [-0.2, -0.15) is 11.8 Å². The van der Waals surface area contributed by atoms with E-state index in [1.807, 2.05) is 0 Å². The van der Waals surface area contributed by atoms with Crippen LogP contribution in [-0.4, -0.2) is 29.2 Å². The first-order chi connectivity index (χ1) is 8.72. The Hall–Kier alpha value is -1.31. The third-order valence-electron chi connectivity index (χ3n) is 2.48. The van der Waals surface area contributed by atoms with E-state index in [0.29, 0.717) is 29.4 Å². The zero-order valence-corrected chi connectivity index (χ0v) is 10.4. The maximum Gasteiger partial charge on any atom is 0.270 e. The van der Waals surface area contributed by atoms with Gasteiger partial charge < -0.3 is 14.6 Å². The lowest BCUT2D eigenvalue weighted by atomic mass is 10.1. The Labute approximate surface area is 108 Å². The van der Waals surface area contributed by atoms with Crippen LogP contribution in [0, 0.1) is 10.1 Å². The van der Waals surface area contributed by atoms with Gasteiger partial charge in [0, 0.05) is 34.8 Å². The number of non-ortho nitro benzene ring substituents is 1. The molecule has 2 rings (SSSR count). The molecule has 0 fully saturated rings. The number of hydrogen-bond donors (Lipinski definition) is 1. The second-order valence-electron chi connectivity index (χ2n) is 3.74. The fourth-order valence-electron chi connectivity index (χ4n) is 1.74. The zero-order valence-electron chi connectivity index (χ0n) is 9.63. The van der Waals surface area contributed by atoms with Crippen LogP contribution in [0.2, 0.25) is 0 Å². The van der Waals surface area contributed by atoms with Gasteiger partial charge in [-0.05, 0) is 0 Å². The molecule has 7 heteroatoms. The molecule has 0 aliphatic carbocycles. The van der Waals surface area contributed by atoms with Crippen molar-refractivity contribution in [1.82, 2.24) is 0 Å². The van der Waals surface area contributed by atoms with Crippen molar-refractivity contribution in [2.45, 2.75) is 12.4 Å². The molecule has 1 aliphatic rings. The number of rotatable bonds is 5. The van der Waals surface area contributed by atoms with Crippen molar-refractivity contribution in [2.75, 3.05) is 19.2 Å². The van der Waals surface area contributed by atoms with Crippen molar-refractivity contribution in [3.05, 3.63) is 33.4 Å². The number of nitrogens with zero attached hydrogens (tertiary/aromatic N) is 1. The van der Waals surface area contributed by atoms with Gasteiger partial charge in [-0.25, -0.2) is 0 Å². The quantitative estimate of drug-likeness (QED) is 0.498. The summed E-state index contributed by atoms with van der Waals surface area (Å²) in [5, 5.41) is 19.6. The van der Waals surface area contributed by atoms with Gasteiger partial charge in [-0.15, -0.1) is 0 Å². The summed E-state index contributed by atoms with van der Waals surface area (Å²) < 4.78 is 10.5. The molecule has 1 aromatic rings. The summed E-state index contributed by atoms with van der Waals surface area (Å²) in [4.78, 5) is 10.4. The number of benzene rings is 1. The van der Waals surface area contributed by atoms with Crippen LogP contribution in [0.1, 0.15) is 11.1 Å². The van der Waals surface area contributed by atoms with Gasteiger partial charge in [0.25, 0.3) is 5.69 Å². The molecular formula is C11H13NO5S. The molecule has 0 aromatic heterocycles. The standard InChI is InChI=1S/C11H13NO5S/c13-1-2-18-6-9-4-10(12(14)15)3-8-5-16-7-17-11(8)9/h3-4,13H,1-2,5-7H2. The van der Waals surface area contributed by atoms with Gasteiger partial charge in [0.1, 0.15) is 5.75 Å². The van der Waals surface area contributed by atoms with Gasteiger partial charge in [-0.1, -0.05) is 0 Å². The van der Waals surface area contributed by atoms with Crippen LogP contribution in [0.4, 0.5) is 5.69 Å². The van der Waals surface area contributed by atoms with E-state index in [2.05, 4.69) is 0 Å². The third-order valence-corrected chi connectivity index (χ3v) is 3.46. The van der Waals surface area contributed by atoms with Crippen molar-refractivity contribution in [1.29, 1.82) is 0 Å². The second kappa shape index (κ2) is 6.03. The van der Waals surface area contributed by atoms with E-state index in [1.165, 1.54) is 23.9 Å². The number of ether oxygens (including phenoxy) is 2. The van der Waals surface area contributed by atoms with Crippen LogP contribution in [-0.2, 0) is 17.1 Å². The van der Waals surface area contributed by atoms with Crippen molar-refractivity contribution >= 4 is 17.4 Å². The lowest BCUT2D eigenvalue weighted by Gasteiger charge is -2.20. The smallest absolute Gasteiger partial charge is 0.270 e. The summed E-state index contributed by atoms with van der Waals surface area (Å²) in [6.45, 7) is 0.586. The van der Waals surface area contributed by atoms with Gasteiger partial charge in [0.2, 0.25) is 0 Å². The number of nitro groups is 1. The van der Waals surface area contributed by atoms with Gasteiger partial charge in [-0.3, -0.25) is 10.1 Å². The summed E-state index contributed by atoms with van der Waals surface area (Å²) in [5.41, 5.74) is 1.53. The predicted molar refractivity (Wildman–Crippen MR) is 66.6 cm³/mol. The Morgan fingerprint density at radius 3 is 3.06 bits per heavy atom. The van der Waals surface area contributed by atoms with E-state index < -0.39 is 4.92 Å². The summed E-state index contributed by atoms with van der Waals surface area (Å²) >= 11 is 1.51. The highest BCUT2D eigenvalue weighted by Gasteiger charge is 2.20. The summed E-state index contributed by atoms with van der Waals surface area (Å²) in [6.07, 6.45) is 0. The van der Waals surface area contributed by atoms with Crippen molar-refractivity contribution < 1.29 is 19.5 Å². The number of fused-ring (bicyclic) bond motifs is 1. The highest BCUT2D eigenvalue weighted by atomic mass is 32.2. The highest BCUT2D eigenvalue weighted by molar-refractivity contribution is 7.98. The van der Waals surface area contributed by atoms with Crippen LogP contribution in [0.25, 0.3) is 0 Å². The number of thioether (sulfide) groups is 1. The van der Waals surface area contributed by atoms with Crippen molar-refractivity contribution in [2.24, 2.45) is 0 Å². The molecule has 0 saturated heterocycles. The highest BCUT2D eigenvalue weighted by Crippen LogP contribution is 2.34. The fraction of sp³-hybridized carbons (Fsp3) is 0.455. The van der Waals surface area contributed by atoms with E-state index in [-0.39, 0.29) is 19.1 Å². The van der Waals surface area contributed by atoms with Crippen LogP contribution in [0.15, 0.2) is 12.1 Å². The first-order valence-electron chi connectivity index (χ1n) is 5.41. The molecule has 0 spiro atoms. The number of hydrogen-bond acceptors (Lipinski definition) is 6. The molecule has 0 bridgehead atoms.